The lowest BCUT2D eigenvalue weighted by molar-refractivity contribution is 0.0746. The standard InChI is InChI=1S/C16H14F3NO/c1-2-20(10-11-5-3-6-12(17)9-11)16(21)13-7-4-8-14(18)15(13)19/h3-9H,2,10H2,1H3. The molecule has 0 N–H and O–H groups in total. The van der Waals surface area contributed by atoms with Crippen molar-refractivity contribution in [1.29, 1.82) is 0 Å². The van der Waals surface area contributed by atoms with Crippen LogP contribution < -0.4 is 0 Å². The largest absolute Gasteiger partial charge is 0.335 e. The van der Waals surface area contributed by atoms with E-state index in [0.717, 1.165) is 6.07 Å². The Morgan fingerprint density at radius 3 is 2.48 bits per heavy atom. The van der Waals surface area contributed by atoms with Crippen LogP contribution >= 0.6 is 0 Å². The zero-order chi connectivity index (χ0) is 15.4. The SMILES string of the molecule is CCN(Cc1cccc(F)c1)C(=O)c1cccc(F)c1F. The first-order valence-corrected chi connectivity index (χ1v) is 6.50. The zero-order valence-corrected chi connectivity index (χ0v) is 11.4. The third kappa shape index (κ3) is 3.42. The van der Waals surface area contributed by atoms with Crippen molar-refractivity contribution in [2.45, 2.75) is 13.5 Å². The van der Waals surface area contributed by atoms with Crippen molar-refractivity contribution in [2.75, 3.05) is 6.54 Å². The summed E-state index contributed by atoms with van der Waals surface area (Å²) in [6.07, 6.45) is 0. The lowest BCUT2D eigenvalue weighted by Crippen LogP contribution is -2.31. The summed E-state index contributed by atoms with van der Waals surface area (Å²) >= 11 is 0. The number of hydrogen-bond acceptors (Lipinski definition) is 1. The van der Waals surface area contributed by atoms with E-state index in [-0.39, 0.29) is 12.1 Å². The molecule has 2 aromatic rings. The molecule has 2 aromatic carbocycles. The molecule has 5 heteroatoms. The number of carbonyl (C=O) groups is 1. The van der Waals surface area contributed by atoms with Crippen LogP contribution in [-0.2, 0) is 6.54 Å². The van der Waals surface area contributed by atoms with E-state index in [1.807, 2.05) is 0 Å². The van der Waals surface area contributed by atoms with E-state index >= 15 is 0 Å². The highest BCUT2D eigenvalue weighted by Crippen LogP contribution is 2.16. The van der Waals surface area contributed by atoms with Crippen molar-refractivity contribution in [3.8, 4) is 0 Å². The monoisotopic (exact) mass is 293 g/mol. The summed E-state index contributed by atoms with van der Waals surface area (Å²) < 4.78 is 40.0. The number of rotatable bonds is 4. The van der Waals surface area contributed by atoms with Gasteiger partial charge in [0, 0.05) is 13.1 Å². The highest BCUT2D eigenvalue weighted by molar-refractivity contribution is 5.94. The van der Waals surface area contributed by atoms with Crippen LogP contribution in [0.4, 0.5) is 13.2 Å². The Bertz CT molecular complexity index is 658. The van der Waals surface area contributed by atoms with E-state index in [1.54, 1.807) is 13.0 Å². The second-order valence-corrected chi connectivity index (χ2v) is 4.55. The van der Waals surface area contributed by atoms with Gasteiger partial charge in [0.2, 0.25) is 0 Å². The van der Waals surface area contributed by atoms with E-state index in [2.05, 4.69) is 0 Å². The first-order valence-electron chi connectivity index (χ1n) is 6.50. The summed E-state index contributed by atoms with van der Waals surface area (Å²) in [5.74, 6) is -3.27. The Balaban J connectivity index is 2.25. The Morgan fingerprint density at radius 2 is 1.81 bits per heavy atom. The van der Waals surface area contributed by atoms with Crippen molar-refractivity contribution in [2.24, 2.45) is 0 Å². The van der Waals surface area contributed by atoms with Crippen molar-refractivity contribution >= 4 is 5.91 Å². The van der Waals surface area contributed by atoms with E-state index in [0.29, 0.717) is 12.1 Å². The van der Waals surface area contributed by atoms with Gasteiger partial charge in [0.05, 0.1) is 5.56 Å². The second kappa shape index (κ2) is 6.43. The summed E-state index contributed by atoms with van der Waals surface area (Å²) in [5, 5.41) is 0. The van der Waals surface area contributed by atoms with Crippen LogP contribution in [0.3, 0.4) is 0 Å². The van der Waals surface area contributed by atoms with Crippen molar-refractivity contribution in [1.82, 2.24) is 4.90 Å². The summed E-state index contributed by atoms with van der Waals surface area (Å²) in [6, 6.07) is 9.27. The Labute approximate surface area is 120 Å². The molecule has 1 amide bonds. The maximum atomic E-state index is 13.7. The van der Waals surface area contributed by atoms with Gasteiger partial charge in [-0.1, -0.05) is 18.2 Å². The highest BCUT2D eigenvalue weighted by Gasteiger charge is 2.20. The van der Waals surface area contributed by atoms with Gasteiger partial charge in [0.25, 0.3) is 5.91 Å². The maximum absolute atomic E-state index is 13.7. The molecule has 0 saturated heterocycles. The van der Waals surface area contributed by atoms with Crippen LogP contribution in [-0.4, -0.2) is 17.4 Å². The van der Waals surface area contributed by atoms with Crippen LogP contribution in [0.5, 0.6) is 0 Å². The molecule has 0 bridgehead atoms. The van der Waals surface area contributed by atoms with Gasteiger partial charge in [0.1, 0.15) is 5.82 Å². The molecule has 0 radical (unpaired) electrons. The molecule has 110 valence electrons. The van der Waals surface area contributed by atoms with Gasteiger partial charge in [0.15, 0.2) is 11.6 Å². The number of benzene rings is 2. The number of amides is 1. The third-order valence-corrected chi connectivity index (χ3v) is 3.11. The molecule has 21 heavy (non-hydrogen) atoms. The molecule has 0 saturated carbocycles. The quantitative estimate of drug-likeness (QED) is 0.840. The Kier molecular flexibility index (Phi) is 4.62. The van der Waals surface area contributed by atoms with E-state index in [4.69, 9.17) is 0 Å². The molecule has 2 nitrogen and oxygen atoms in total. The third-order valence-electron chi connectivity index (χ3n) is 3.11. The lowest BCUT2D eigenvalue weighted by Gasteiger charge is -2.21. The second-order valence-electron chi connectivity index (χ2n) is 4.55. The Morgan fingerprint density at radius 1 is 1.10 bits per heavy atom. The minimum Gasteiger partial charge on any atom is -0.335 e. The van der Waals surface area contributed by atoms with Crippen LogP contribution in [0, 0.1) is 17.5 Å². The van der Waals surface area contributed by atoms with Crippen molar-refractivity contribution in [3.05, 3.63) is 71.0 Å². The van der Waals surface area contributed by atoms with E-state index in [9.17, 15) is 18.0 Å². The highest BCUT2D eigenvalue weighted by atomic mass is 19.2. The maximum Gasteiger partial charge on any atom is 0.257 e. The van der Waals surface area contributed by atoms with Gasteiger partial charge >= 0.3 is 0 Å². The number of halogens is 3. The number of nitrogens with zero attached hydrogens (tertiary/aromatic N) is 1. The minimum atomic E-state index is -1.17. The molecular formula is C16H14F3NO. The average Bonchev–Trinajstić information content (AvgIpc) is 2.47. The van der Waals surface area contributed by atoms with Gasteiger partial charge < -0.3 is 4.90 Å². The lowest BCUT2D eigenvalue weighted by atomic mass is 10.1. The fourth-order valence-electron chi connectivity index (χ4n) is 2.02. The van der Waals surface area contributed by atoms with Gasteiger partial charge in [-0.15, -0.1) is 0 Å². The first kappa shape index (κ1) is 15.1. The van der Waals surface area contributed by atoms with Gasteiger partial charge in [-0.2, -0.15) is 0 Å². The average molecular weight is 293 g/mol. The summed E-state index contributed by atoms with van der Waals surface area (Å²) in [5.41, 5.74) is 0.260. The number of carbonyl (C=O) groups excluding carboxylic acids is 1. The molecule has 0 aliphatic rings. The molecule has 0 spiro atoms. The van der Waals surface area contributed by atoms with Crippen LogP contribution in [0.25, 0.3) is 0 Å². The summed E-state index contributed by atoms with van der Waals surface area (Å²) in [4.78, 5) is 13.6. The van der Waals surface area contributed by atoms with Gasteiger partial charge in [-0.3, -0.25) is 4.79 Å². The summed E-state index contributed by atoms with van der Waals surface area (Å²) in [7, 11) is 0. The van der Waals surface area contributed by atoms with Gasteiger partial charge in [-0.05, 0) is 36.8 Å². The molecule has 0 aliphatic carbocycles. The van der Waals surface area contributed by atoms with E-state index < -0.39 is 23.4 Å². The van der Waals surface area contributed by atoms with Crippen molar-refractivity contribution < 1.29 is 18.0 Å². The number of hydrogen-bond donors (Lipinski definition) is 0. The fraction of sp³-hybridized carbons (Fsp3) is 0.188. The molecule has 2 rings (SSSR count). The molecule has 0 aromatic heterocycles. The molecule has 0 fully saturated rings. The predicted octanol–water partition coefficient (Wildman–Crippen LogP) is 3.77. The molecule has 0 atom stereocenters. The topological polar surface area (TPSA) is 20.3 Å². The van der Waals surface area contributed by atoms with Crippen molar-refractivity contribution in [3.63, 3.8) is 0 Å². The zero-order valence-electron chi connectivity index (χ0n) is 11.4. The predicted molar refractivity (Wildman–Crippen MR) is 73.2 cm³/mol. The van der Waals surface area contributed by atoms with Crippen LogP contribution in [0.1, 0.15) is 22.8 Å². The molecule has 0 aliphatic heterocycles. The normalized spacial score (nSPS) is 10.5. The molecule has 0 unspecified atom stereocenters. The minimum absolute atomic E-state index is 0.128. The molecule has 0 heterocycles. The fourth-order valence-corrected chi connectivity index (χ4v) is 2.02. The molecular weight excluding hydrogens is 279 g/mol. The summed E-state index contributed by atoms with van der Waals surface area (Å²) in [6.45, 7) is 2.14. The first-order chi connectivity index (χ1) is 10.0. The van der Waals surface area contributed by atoms with E-state index in [1.165, 1.54) is 35.2 Å². The van der Waals surface area contributed by atoms with Crippen LogP contribution in [0.2, 0.25) is 0 Å². The smallest absolute Gasteiger partial charge is 0.257 e. The van der Waals surface area contributed by atoms with Crippen LogP contribution in [0.15, 0.2) is 42.5 Å². The Hall–Kier alpha value is -2.30. The van der Waals surface area contributed by atoms with Gasteiger partial charge in [-0.25, -0.2) is 13.2 Å².